The van der Waals surface area contributed by atoms with Crippen LogP contribution in [0.5, 0.6) is 0 Å². The van der Waals surface area contributed by atoms with E-state index in [4.69, 9.17) is 17.3 Å². The van der Waals surface area contributed by atoms with E-state index in [9.17, 15) is 9.59 Å². The minimum absolute atomic E-state index is 0.0122. The third-order valence-corrected chi connectivity index (χ3v) is 3.86. The molecule has 1 unspecified atom stereocenters. The Morgan fingerprint density at radius 3 is 2.32 bits per heavy atom. The van der Waals surface area contributed by atoms with Gasteiger partial charge in [0.05, 0.1) is 5.41 Å². The van der Waals surface area contributed by atoms with Gasteiger partial charge >= 0.3 is 5.97 Å². The van der Waals surface area contributed by atoms with Crippen LogP contribution in [-0.4, -0.2) is 29.6 Å². The molecule has 1 rings (SSSR count). The summed E-state index contributed by atoms with van der Waals surface area (Å²) >= 11 is 0. The molecule has 0 heterocycles. The second-order valence-corrected chi connectivity index (χ2v) is 5.17. The van der Waals surface area contributed by atoms with Crippen molar-refractivity contribution in [2.75, 3.05) is 6.54 Å². The number of aliphatic carboxylic acids is 1. The van der Waals surface area contributed by atoms with E-state index in [0.717, 1.165) is 38.5 Å². The Labute approximate surface area is 113 Å². The van der Waals surface area contributed by atoms with E-state index >= 15 is 0 Å². The minimum Gasteiger partial charge on any atom is -0.480 e. The number of carbonyl (C=O) groups excluding carboxylic acids is 1. The topological polar surface area (TPSA) is 92.4 Å². The summed E-state index contributed by atoms with van der Waals surface area (Å²) in [5, 5.41) is 11.6. The average Bonchev–Trinajstić information content (AvgIpc) is 2.64. The van der Waals surface area contributed by atoms with Gasteiger partial charge in [-0.25, -0.2) is 4.79 Å². The van der Waals surface area contributed by atoms with Gasteiger partial charge in [-0.05, 0) is 12.8 Å². The van der Waals surface area contributed by atoms with E-state index in [0.29, 0.717) is 0 Å². The molecule has 0 aromatic heterocycles. The van der Waals surface area contributed by atoms with Gasteiger partial charge < -0.3 is 16.2 Å². The first-order valence-electron chi connectivity index (χ1n) is 6.73. The van der Waals surface area contributed by atoms with Crippen molar-refractivity contribution >= 4 is 11.9 Å². The molecular formula is C14H22N2O3. The molecule has 4 N–H and O–H groups in total. The van der Waals surface area contributed by atoms with Gasteiger partial charge in [0.1, 0.15) is 6.04 Å². The van der Waals surface area contributed by atoms with Crippen LogP contribution >= 0.6 is 0 Å². The Morgan fingerprint density at radius 1 is 1.32 bits per heavy atom. The maximum absolute atomic E-state index is 12.4. The van der Waals surface area contributed by atoms with E-state index in [1.165, 1.54) is 0 Å². The van der Waals surface area contributed by atoms with E-state index in [1.807, 2.05) is 0 Å². The Morgan fingerprint density at radius 2 is 1.89 bits per heavy atom. The van der Waals surface area contributed by atoms with Crippen molar-refractivity contribution in [2.45, 2.75) is 51.0 Å². The molecule has 1 amide bonds. The van der Waals surface area contributed by atoms with Gasteiger partial charge in [-0.15, -0.1) is 12.3 Å². The molecule has 0 radical (unpaired) electrons. The maximum Gasteiger partial charge on any atom is 0.327 e. The second-order valence-electron chi connectivity index (χ2n) is 5.17. The van der Waals surface area contributed by atoms with Gasteiger partial charge in [0, 0.05) is 13.0 Å². The molecule has 5 nitrogen and oxygen atoms in total. The summed E-state index contributed by atoms with van der Waals surface area (Å²) < 4.78 is 0. The zero-order valence-electron chi connectivity index (χ0n) is 11.2. The van der Waals surface area contributed by atoms with Gasteiger partial charge in [-0.3, -0.25) is 4.79 Å². The zero-order chi connectivity index (χ0) is 14.3. The highest BCUT2D eigenvalue weighted by molar-refractivity contribution is 5.87. The first kappa shape index (κ1) is 15.5. The van der Waals surface area contributed by atoms with Crippen LogP contribution in [-0.2, 0) is 9.59 Å². The largest absolute Gasteiger partial charge is 0.480 e. The summed E-state index contributed by atoms with van der Waals surface area (Å²) in [6.45, 7) is 0.251. The number of nitrogens with two attached hydrogens (primary N) is 1. The number of rotatable bonds is 5. The standard InChI is InChI=1S/C14H22N2O3/c1-2-7-11(12(17)18)16-13(19)14(10-15)8-5-3-4-6-9-14/h1,11H,3-10,15H2,(H,16,19)(H,17,18). The lowest BCUT2D eigenvalue weighted by Gasteiger charge is -2.31. The first-order chi connectivity index (χ1) is 9.05. The highest BCUT2D eigenvalue weighted by atomic mass is 16.4. The van der Waals surface area contributed by atoms with Crippen molar-refractivity contribution in [1.82, 2.24) is 5.32 Å². The fourth-order valence-electron chi connectivity index (χ4n) is 2.56. The average molecular weight is 266 g/mol. The molecule has 0 aromatic carbocycles. The third-order valence-electron chi connectivity index (χ3n) is 3.86. The highest BCUT2D eigenvalue weighted by Crippen LogP contribution is 2.34. The van der Waals surface area contributed by atoms with Crippen LogP contribution in [0.15, 0.2) is 0 Å². The summed E-state index contributed by atoms with van der Waals surface area (Å²) in [5.74, 6) is 0.905. The molecule has 0 spiro atoms. The number of amides is 1. The Bertz CT molecular complexity index is 365. The molecule has 19 heavy (non-hydrogen) atoms. The molecule has 1 atom stereocenters. The van der Waals surface area contributed by atoms with Crippen LogP contribution in [0, 0.1) is 17.8 Å². The Hall–Kier alpha value is -1.54. The summed E-state index contributed by atoms with van der Waals surface area (Å²) in [6.07, 6.45) is 10.7. The van der Waals surface area contributed by atoms with Crippen molar-refractivity contribution in [1.29, 1.82) is 0 Å². The normalized spacial score (nSPS) is 19.8. The van der Waals surface area contributed by atoms with E-state index in [2.05, 4.69) is 11.2 Å². The predicted molar refractivity (Wildman–Crippen MR) is 72.2 cm³/mol. The van der Waals surface area contributed by atoms with Crippen LogP contribution in [0.2, 0.25) is 0 Å². The summed E-state index contributed by atoms with van der Waals surface area (Å²) in [4.78, 5) is 23.4. The monoisotopic (exact) mass is 266 g/mol. The summed E-state index contributed by atoms with van der Waals surface area (Å²) in [6, 6.07) is -1.02. The van der Waals surface area contributed by atoms with Crippen LogP contribution < -0.4 is 11.1 Å². The number of carbonyl (C=O) groups is 2. The van der Waals surface area contributed by atoms with E-state index in [1.54, 1.807) is 0 Å². The van der Waals surface area contributed by atoms with Crippen molar-refractivity contribution in [3.8, 4) is 12.3 Å². The van der Waals surface area contributed by atoms with Crippen LogP contribution in [0.3, 0.4) is 0 Å². The first-order valence-corrected chi connectivity index (χ1v) is 6.73. The van der Waals surface area contributed by atoms with E-state index < -0.39 is 17.4 Å². The number of terminal acetylenes is 1. The quantitative estimate of drug-likeness (QED) is 0.508. The maximum atomic E-state index is 12.4. The van der Waals surface area contributed by atoms with Crippen molar-refractivity contribution < 1.29 is 14.7 Å². The highest BCUT2D eigenvalue weighted by Gasteiger charge is 2.38. The number of hydrogen-bond acceptors (Lipinski definition) is 3. The number of carboxylic acid groups (broad SMARTS) is 1. The number of carboxylic acids is 1. The molecule has 0 aromatic rings. The van der Waals surface area contributed by atoms with Crippen molar-refractivity contribution in [3.63, 3.8) is 0 Å². The number of nitrogens with one attached hydrogen (secondary N) is 1. The van der Waals surface area contributed by atoms with Crippen LogP contribution in [0.4, 0.5) is 0 Å². The van der Waals surface area contributed by atoms with Gasteiger partial charge in [0.25, 0.3) is 0 Å². The summed E-state index contributed by atoms with van der Waals surface area (Å²) in [5.41, 5.74) is 5.16. The van der Waals surface area contributed by atoms with Gasteiger partial charge in [-0.2, -0.15) is 0 Å². The smallest absolute Gasteiger partial charge is 0.327 e. The minimum atomic E-state index is -1.10. The zero-order valence-corrected chi connectivity index (χ0v) is 11.2. The molecule has 106 valence electrons. The van der Waals surface area contributed by atoms with Crippen LogP contribution in [0.25, 0.3) is 0 Å². The number of hydrogen-bond donors (Lipinski definition) is 3. The molecule has 0 aliphatic heterocycles. The lowest BCUT2D eigenvalue weighted by atomic mass is 9.79. The lowest BCUT2D eigenvalue weighted by Crippen LogP contribution is -2.51. The third kappa shape index (κ3) is 3.97. The summed E-state index contributed by atoms with van der Waals surface area (Å²) in [7, 11) is 0. The fourth-order valence-corrected chi connectivity index (χ4v) is 2.56. The molecular weight excluding hydrogens is 244 g/mol. The molecule has 1 aliphatic carbocycles. The SMILES string of the molecule is C#CCC(NC(=O)C1(CN)CCCCCC1)C(=O)O. The molecule has 5 heteroatoms. The molecule has 1 aliphatic rings. The molecule has 1 saturated carbocycles. The van der Waals surface area contributed by atoms with Gasteiger partial charge in [0.15, 0.2) is 0 Å². The van der Waals surface area contributed by atoms with E-state index in [-0.39, 0.29) is 18.9 Å². The second kappa shape index (κ2) is 7.15. The Kier molecular flexibility index (Phi) is 5.84. The van der Waals surface area contributed by atoms with Gasteiger partial charge in [-0.1, -0.05) is 25.7 Å². The van der Waals surface area contributed by atoms with Crippen LogP contribution in [0.1, 0.15) is 44.9 Å². The van der Waals surface area contributed by atoms with Crippen molar-refractivity contribution in [2.24, 2.45) is 11.1 Å². The van der Waals surface area contributed by atoms with Gasteiger partial charge in [0.2, 0.25) is 5.91 Å². The lowest BCUT2D eigenvalue weighted by molar-refractivity contribution is -0.144. The predicted octanol–water partition coefficient (Wildman–Crippen LogP) is 0.878. The Balaban J connectivity index is 2.77. The molecule has 0 saturated heterocycles. The molecule has 1 fully saturated rings. The fraction of sp³-hybridized carbons (Fsp3) is 0.714. The molecule has 0 bridgehead atoms. The van der Waals surface area contributed by atoms with Crippen molar-refractivity contribution in [3.05, 3.63) is 0 Å².